The van der Waals surface area contributed by atoms with Gasteiger partial charge in [-0.15, -0.1) is 0 Å². The number of halogens is 1. The lowest BCUT2D eigenvalue weighted by molar-refractivity contribution is -0.154. The second-order valence-corrected chi connectivity index (χ2v) is 7.76. The van der Waals surface area contributed by atoms with Crippen LogP contribution in [0.3, 0.4) is 0 Å². The van der Waals surface area contributed by atoms with Crippen molar-refractivity contribution in [2.24, 2.45) is 10.7 Å². The van der Waals surface area contributed by atoms with E-state index in [1.165, 1.54) is 4.90 Å². The molecule has 1 fully saturated rings. The van der Waals surface area contributed by atoms with Crippen molar-refractivity contribution in [1.29, 1.82) is 0 Å². The van der Waals surface area contributed by atoms with E-state index in [0.29, 0.717) is 35.9 Å². The van der Waals surface area contributed by atoms with Gasteiger partial charge in [0, 0.05) is 30.7 Å². The minimum Gasteiger partial charge on any atom is -0.384 e. The summed E-state index contributed by atoms with van der Waals surface area (Å²) in [4.78, 5) is 30.6. The average Bonchev–Trinajstić information content (AvgIpc) is 2.76. The van der Waals surface area contributed by atoms with Gasteiger partial charge in [0.05, 0.1) is 0 Å². The molecule has 1 saturated heterocycles. The van der Waals surface area contributed by atoms with Crippen molar-refractivity contribution in [3.8, 4) is 0 Å². The number of amidine groups is 1. The third-order valence-electron chi connectivity index (χ3n) is 5.18. The largest absolute Gasteiger partial charge is 0.384 e. The van der Waals surface area contributed by atoms with E-state index in [9.17, 15) is 14.7 Å². The third kappa shape index (κ3) is 6.08. The normalized spacial score (nSPS) is 16.4. The molecular weight excluding hydrogens is 428 g/mol. The summed E-state index contributed by atoms with van der Waals surface area (Å²) in [7, 11) is 1.62. The zero-order valence-electron chi connectivity index (χ0n) is 18.9. The van der Waals surface area contributed by atoms with Crippen LogP contribution in [-0.4, -0.2) is 47.3 Å². The highest BCUT2D eigenvalue weighted by molar-refractivity contribution is 6.30. The Balaban J connectivity index is 0.00000176. The van der Waals surface area contributed by atoms with Crippen LogP contribution in [0.4, 0.5) is 0 Å². The Morgan fingerprint density at radius 3 is 2.44 bits per heavy atom. The third-order valence-corrected chi connectivity index (χ3v) is 5.40. The molecule has 2 amide bonds. The molecule has 0 spiro atoms. The van der Waals surface area contributed by atoms with Gasteiger partial charge in [-0.05, 0) is 42.2 Å². The van der Waals surface area contributed by atoms with Gasteiger partial charge in [0.1, 0.15) is 11.9 Å². The predicted molar refractivity (Wildman–Crippen MR) is 128 cm³/mol. The number of benzene rings is 2. The van der Waals surface area contributed by atoms with E-state index in [2.05, 4.69) is 10.3 Å². The molecular formula is C24H31ClN4O3. The van der Waals surface area contributed by atoms with Crippen LogP contribution in [0.5, 0.6) is 0 Å². The fraction of sp³-hybridized carbons (Fsp3) is 0.375. The number of likely N-dealkylation sites (tertiary alicyclic amines) is 1. The number of hydrogen-bond acceptors (Lipinski definition) is 4. The summed E-state index contributed by atoms with van der Waals surface area (Å²) in [6.45, 7) is 6.59. The standard InChI is InChI=1S/C22H25ClN4O3.C2H6/c1-13-9-16(11-17(23)10-13)19(28)22(30)27-8-7-18(27)21(29)26-12-14-3-5-15(6-4-14)20(24)25-2;1-2/h3-6,9-11,18-19,28H,7-8,12H2,1-2H3,(H2,24,25)(H,26,29);1-2H3/t18-,19+;/m0./s1. The van der Waals surface area contributed by atoms with Gasteiger partial charge in [0.15, 0.2) is 6.10 Å². The Labute approximate surface area is 194 Å². The Morgan fingerprint density at radius 1 is 1.25 bits per heavy atom. The van der Waals surface area contributed by atoms with Crippen LogP contribution in [0.1, 0.15) is 48.6 Å². The van der Waals surface area contributed by atoms with Crippen LogP contribution in [0.2, 0.25) is 5.02 Å². The van der Waals surface area contributed by atoms with Crippen LogP contribution >= 0.6 is 11.6 Å². The number of carbonyl (C=O) groups excluding carboxylic acids is 2. The van der Waals surface area contributed by atoms with Gasteiger partial charge >= 0.3 is 0 Å². The van der Waals surface area contributed by atoms with E-state index in [1.54, 1.807) is 25.2 Å². The zero-order valence-corrected chi connectivity index (χ0v) is 19.7. The summed E-state index contributed by atoms with van der Waals surface area (Å²) >= 11 is 6.03. The van der Waals surface area contributed by atoms with Crippen molar-refractivity contribution in [3.63, 3.8) is 0 Å². The lowest BCUT2D eigenvalue weighted by atomic mass is 9.98. The number of carbonyl (C=O) groups is 2. The smallest absolute Gasteiger partial charge is 0.256 e. The fourth-order valence-corrected chi connectivity index (χ4v) is 3.67. The number of nitrogens with one attached hydrogen (secondary N) is 1. The number of nitrogens with zero attached hydrogens (tertiary/aromatic N) is 2. The number of rotatable bonds is 6. The van der Waals surface area contributed by atoms with Crippen molar-refractivity contribution < 1.29 is 14.7 Å². The van der Waals surface area contributed by atoms with Crippen molar-refractivity contribution in [1.82, 2.24) is 10.2 Å². The number of aliphatic imine (C=N–C) groups is 1. The minimum absolute atomic E-state index is 0.247. The molecule has 0 bridgehead atoms. The maximum absolute atomic E-state index is 12.7. The van der Waals surface area contributed by atoms with E-state index >= 15 is 0 Å². The molecule has 0 radical (unpaired) electrons. The molecule has 0 saturated carbocycles. The molecule has 0 aliphatic carbocycles. The predicted octanol–water partition coefficient (Wildman–Crippen LogP) is 2.96. The highest BCUT2D eigenvalue weighted by Gasteiger charge is 2.40. The molecule has 0 unspecified atom stereocenters. The highest BCUT2D eigenvalue weighted by atomic mass is 35.5. The molecule has 2 atom stereocenters. The summed E-state index contributed by atoms with van der Waals surface area (Å²) in [6, 6.07) is 11.8. The number of aliphatic hydroxyl groups is 1. The topological polar surface area (TPSA) is 108 Å². The first kappa shape index (κ1) is 25.4. The van der Waals surface area contributed by atoms with Crippen LogP contribution in [0.25, 0.3) is 0 Å². The molecule has 4 N–H and O–H groups in total. The number of nitrogens with two attached hydrogens (primary N) is 1. The van der Waals surface area contributed by atoms with Crippen LogP contribution in [-0.2, 0) is 16.1 Å². The van der Waals surface area contributed by atoms with Gasteiger partial charge in [-0.2, -0.15) is 0 Å². The van der Waals surface area contributed by atoms with Gasteiger partial charge in [-0.25, -0.2) is 0 Å². The molecule has 0 aromatic heterocycles. The summed E-state index contributed by atoms with van der Waals surface area (Å²) in [5.74, 6) is -0.299. The van der Waals surface area contributed by atoms with Crippen molar-refractivity contribution in [2.75, 3.05) is 13.6 Å². The summed E-state index contributed by atoms with van der Waals surface area (Å²) in [6.07, 6.45) is -0.794. The van der Waals surface area contributed by atoms with Crippen LogP contribution in [0, 0.1) is 6.92 Å². The zero-order chi connectivity index (χ0) is 23.8. The molecule has 1 aliphatic rings. The van der Waals surface area contributed by atoms with Gasteiger partial charge < -0.3 is 21.1 Å². The lowest BCUT2D eigenvalue weighted by Crippen LogP contribution is -2.59. The number of aryl methyl sites for hydroxylation is 1. The van der Waals surface area contributed by atoms with Crippen LogP contribution < -0.4 is 11.1 Å². The Kier molecular flexibility index (Phi) is 9.23. The van der Waals surface area contributed by atoms with Crippen molar-refractivity contribution >= 4 is 29.3 Å². The molecule has 7 nitrogen and oxygen atoms in total. The van der Waals surface area contributed by atoms with Crippen molar-refractivity contribution in [3.05, 3.63) is 69.7 Å². The highest BCUT2D eigenvalue weighted by Crippen LogP contribution is 2.26. The Morgan fingerprint density at radius 2 is 1.91 bits per heavy atom. The quantitative estimate of drug-likeness (QED) is 0.456. The molecule has 2 aromatic carbocycles. The van der Waals surface area contributed by atoms with E-state index in [1.807, 2.05) is 45.0 Å². The molecule has 3 rings (SSSR count). The van der Waals surface area contributed by atoms with E-state index in [-0.39, 0.29) is 5.91 Å². The first-order valence-corrected chi connectivity index (χ1v) is 11.0. The van der Waals surface area contributed by atoms with Gasteiger partial charge in [-0.1, -0.05) is 55.8 Å². The number of aliphatic hydroxyl groups excluding tert-OH is 1. The molecule has 8 heteroatoms. The Hall–Kier alpha value is -2.90. The summed E-state index contributed by atoms with van der Waals surface area (Å²) in [5, 5.41) is 13.8. The maximum Gasteiger partial charge on any atom is 0.256 e. The lowest BCUT2D eigenvalue weighted by Gasteiger charge is -2.40. The van der Waals surface area contributed by atoms with Gasteiger partial charge in [0.25, 0.3) is 5.91 Å². The van der Waals surface area contributed by atoms with E-state index in [0.717, 1.165) is 16.7 Å². The monoisotopic (exact) mass is 458 g/mol. The summed E-state index contributed by atoms with van der Waals surface area (Å²) in [5.41, 5.74) is 8.76. The van der Waals surface area contributed by atoms with Gasteiger partial charge in [-0.3, -0.25) is 14.6 Å². The first-order valence-electron chi connectivity index (χ1n) is 10.6. The van der Waals surface area contributed by atoms with Crippen LogP contribution in [0.15, 0.2) is 47.5 Å². The Bertz CT molecular complexity index is 955. The second-order valence-electron chi connectivity index (χ2n) is 7.32. The SMILES string of the molecule is CC.CN=C(N)c1ccc(CNC(=O)[C@@H]2CCN2C(=O)[C@H](O)c2cc(C)cc(Cl)c2)cc1. The molecule has 172 valence electrons. The van der Waals surface area contributed by atoms with E-state index in [4.69, 9.17) is 17.3 Å². The molecule has 32 heavy (non-hydrogen) atoms. The average molecular weight is 459 g/mol. The minimum atomic E-state index is -1.35. The van der Waals surface area contributed by atoms with Crippen molar-refractivity contribution in [2.45, 2.75) is 45.9 Å². The molecule has 1 aliphatic heterocycles. The maximum atomic E-state index is 12.7. The summed E-state index contributed by atoms with van der Waals surface area (Å²) < 4.78 is 0. The fourth-order valence-electron chi connectivity index (χ4n) is 3.38. The number of amides is 2. The van der Waals surface area contributed by atoms with E-state index < -0.39 is 18.1 Å². The number of hydrogen-bond donors (Lipinski definition) is 3. The molecule has 2 aromatic rings. The first-order chi connectivity index (χ1) is 15.3. The second kappa shape index (κ2) is 11.6. The van der Waals surface area contributed by atoms with Gasteiger partial charge in [0.2, 0.25) is 5.91 Å². The molecule has 1 heterocycles.